The number of thiazole rings is 1. The van der Waals surface area contributed by atoms with Crippen LogP contribution in [0.4, 0.5) is 0 Å². The summed E-state index contributed by atoms with van der Waals surface area (Å²) in [4.78, 5) is 8.42. The van der Waals surface area contributed by atoms with Crippen molar-refractivity contribution in [1.82, 2.24) is 20.4 Å². The number of hydrogen-bond acceptors (Lipinski definition) is 7. The summed E-state index contributed by atoms with van der Waals surface area (Å²) in [7, 11) is 3.54. The third-order valence-corrected chi connectivity index (χ3v) is 2.91. The third kappa shape index (κ3) is 3.09. The Bertz CT molecular complexity index is 443. The van der Waals surface area contributed by atoms with Crippen LogP contribution in [0.2, 0.25) is 0 Å². The average molecular weight is 254 g/mol. The predicted octanol–water partition coefficient (Wildman–Crippen LogP) is 0.970. The highest BCUT2D eigenvalue weighted by Gasteiger charge is 2.14. The Morgan fingerprint density at radius 1 is 1.59 bits per heavy atom. The monoisotopic (exact) mass is 254 g/mol. The van der Waals surface area contributed by atoms with Gasteiger partial charge in [0.25, 0.3) is 0 Å². The Labute approximate surface area is 103 Å². The molecule has 0 aliphatic carbocycles. The molecule has 0 aliphatic heterocycles. The topological polar surface area (TPSA) is 73.1 Å². The summed E-state index contributed by atoms with van der Waals surface area (Å²) in [5.41, 5.74) is 2.49. The van der Waals surface area contributed by atoms with Crippen LogP contribution < -0.4 is 5.32 Å². The van der Waals surface area contributed by atoms with E-state index in [1.54, 1.807) is 12.6 Å². The van der Waals surface area contributed by atoms with Gasteiger partial charge in [-0.2, -0.15) is 4.98 Å². The molecule has 17 heavy (non-hydrogen) atoms. The van der Waals surface area contributed by atoms with Gasteiger partial charge in [0, 0.05) is 25.0 Å². The fraction of sp³-hybridized carbons (Fsp3) is 0.500. The standard InChI is InChI=1S/C10H14N4O2S/c1-11-7(4-15-2)3-9-13-10(14-16-9)8-5-17-6-12-8/h5-7,11H,3-4H2,1-2H3. The first-order chi connectivity index (χ1) is 8.33. The number of methoxy groups -OCH3 is 1. The summed E-state index contributed by atoms with van der Waals surface area (Å²) < 4.78 is 10.3. The van der Waals surface area contributed by atoms with Crippen LogP contribution in [0.3, 0.4) is 0 Å². The molecule has 1 atom stereocenters. The van der Waals surface area contributed by atoms with Crippen molar-refractivity contribution in [3.63, 3.8) is 0 Å². The molecule has 1 N–H and O–H groups in total. The summed E-state index contributed by atoms with van der Waals surface area (Å²) in [6.07, 6.45) is 0.640. The summed E-state index contributed by atoms with van der Waals surface area (Å²) in [5.74, 6) is 1.12. The molecule has 0 radical (unpaired) electrons. The Kier molecular flexibility index (Phi) is 4.18. The Morgan fingerprint density at radius 2 is 2.47 bits per heavy atom. The van der Waals surface area contributed by atoms with Gasteiger partial charge in [0.05, 0.1) is 12.1 Å². The largest absolute Gasteiger partial charge is 0.383 e. The smallest absolute Gasteiger partial charge is 0.228 e. The van der Waals surface area contributed by atoms with Gasteiger partial charge in [-0.15, -0.1) is 11.3 Å². The molecule has 92 valence electrons. The van der Waals surface area contributed by atoms with Gasteiger partial charge in [-0.3, -0.25) is 0 Å². The van der Waals surface area contributed by atoms with Crippen LogP contribution in [-0.2, 0) is 11.2 Å². The fourth-order valence-corrected chi connectivity index (χ4v) is 1.95. The van der Waals surface area contributed by atoms with Crippen LogP contribution in [-0.4, -0.2) is 41.9 Å². The lowest BCUT2D eigenvalue weighted by molar-refractivity contribution is 0.165. The molecule has 1 unspecified atom stereocenters. The molecular weight excluding hydrogens is 240 g/mol. The third-order valence-electron chi connectivity index (χ3n) is 2.33. The Hall–Kier alpha value is -1.31. The van der Waals surface area contributed by atoms with Crippen LogP contribution in [0.1, 0.15) is 5.89 Å². The number of rotatable bonds is 6. The van der Waals surface area contributed by atoms with Crippen molar-refractivity contribution in [3.05, 3.63) is 16.8 Å². The SMILES string of the molecule is CNC(COC)Cc1nc(-c2cscn2)no1. The van der Waals surface area contributed by atoms with Crippen molar-refractivity contribution in [1.29, 1.82) is 0 Å². The van der Waals surface area contributed by atoms with E-state index in [-0.39, 0.29) is 6.04 Å². The van der Waals surface area contributed by atoms with Gasteiger partial charge in [-0.05, 0) is 7.05 Å². The van der Waals surface area contributed by atoms with Crippen LogP contribution in [0.25, 0.3) is 11.5 Å². The molecule has 0 fully saturated rings. The number of hydrogen-bond donors (Lipinski definition) is 1. The maximum atomic E-state index is 5.18. The maximum absolute atomic E-state index is 5.18. The molecule has 0 saturated heterocycles. The van der Waals surface area contributed by atoms with Gasteiger partial charge in [0.15, 0.2) is 0 Å². The molecular formula is C10H14N4O2S. The van der Waals surface area contributed by atoms with E-state index >= 15 is 0 Å². The number of nitrogens with zero attached hydrogens (tertiary/aromatic N) is 3. The molecule has 2 rings (SSSR count). The van der Waals surface area contributed by atoms with E-state index in [0.29, 0.717) is 24.7 Å². The van der Waals surface area contributed by atoms with Crippen molar-refractivity contribution in [2.45, 2.75) is 12.5 Å². The summed E-state index contributed by atoms with van der Waals surface area (Å²) in [6.45, 7) is 0.602. The molecule has 2 heterocycles. The van der Waals surface area contributed by atoms with E-state index in [4.69, 9.17) is 9.26 Å². The van der Waals surface area contributed by atoms with Gasteiger partial charge < -0.3 is 14.6 Å². The number of likely N-dealkylation sites (N-methyl/N-ethyl adjacent to an activating group) is 1. The van der Waals surface area contributed by atoms with E-state index in [1.165, 1.54) is 11.3 Å². The average Bonchev–Trinajstić information content (AvgIpc) is 2.98. The van der Waals surface area contributed by atoms with Gasteiger partial charge in [0.1, 0.15) is 5.69 Å². The van der Waals surface area contributed by atoms with E-state index < -0.39 is 0 Å². The van der Waals surface area contributed by atoms with Gasteiger partial charge in [-0.1, -0.05) is 5.16 Å². The minimum atomic E-state index is 0.170. The van der Waals surface area contributed by atoms with Crippen molar-refractivity contribution >= 4 is 11.3 Å². The maximum Gasteiger partial charge on any atom is 0.228 e. The van der Waals surface area contributed by atoms with Crippen molar-refractivity contribution in [3.8, 4) is 11.5 Å². The Balaban J connectivity index is 2.03. The van der Waals surface area contributed by atoms with Crippen LogP contribution >= 0.6 is 11.3 Å². The lowest BCUT2D eigenvalue weighted by Crippen LogP contribution is -2.32. The zero-order valence-electron chi connectivity index (χ0n) is 9.71. The molecule has 0 aromatic carbocycles. The van der Waals surface area contributed by atoms with Crippen molar-refractivity contribution < 1.29 is 9.26 Å². The lowest BCUT2D eigenvalue weighted by Gasteiger charge is -2.11. The van der Waals surface area contributed by atoms with Gasteiger partial charge >= 0.3 is 0 Å². The Morgan fingerprint density at radius 3 is 3.12 bits per heavy atom. The zero-order valence-corrected chi connectivity index (χ0v) is 10.5. The number of nitrogens with one attached hydrogen (secondary N) is 1. The molecule has 0 saturated carbocycles. The highest BCUT2D eigenvalue weighted by molar-refractivity contribution is 7.07. The first-order valence-electron chi connectivity index (χ1n) is 5.21. The molecule has 0 bridgehead atoms. The predicted molar refractivity (Wildman–Crippen MR) is 63.8 cm³/mol. The van der Waals surface area contributed by atoms with E-state index in [1.807, 2.05) is 12.4 Å². The molecule has 2 aromatic heterocycles. The minimum absolute atomic E-state index is 0.170. The first-order valence-corrected chi connectivity index (χ1v) is 6.15. The first kappa shape index (κ1) is 12.2. The molecule has 0 aliphatic rings. The zero-order chi connectivity index (χ0) is 12.1. The molecule has 0 spiro atoms. The summed E-state index contributed by atoms with van der Waals surface area (Å²) in [5, 5.41) is 8.91. The van der Waals surface area contributed by atoms with Crippen LogP contribution in [0.15, 0.2) is 15.4 Å². The fourth-order valence-electron chi connectivity index (χ4n) is 1.42. The van der Waals surface area contributed by atoms with E-state index in [2.05, 4.69) is 20.4 Å². The number of ether oxygens (including phenoxy) is 1. The summed E-state index contributed by atoms with van der Waals surface area (Å²) in [6, 6.07) is 0.170. The van der Waals surface area contributed by atoms with Crippen molar-refractivity contribution in [2.24, 2.45) is 0 Å². The number of aromatic nitrogens is 3. The quantitative estimate of drug-likeness (QED) is 0.828. The van der Waals surface area contributed by atoms with Crippen LogP contribution in [0.5, 0.6) is 0 Å². The lowest BCUT2D eigenvalue weighted by atomic mass is 10.2. The second kappa shape index (κ2) is 5.85. The highest BCUT2D eigenvalue weighted by Crippen LogP contribution is 2.15. The molecule has 2 aromatic rings. The molecule has 0 amide bonds. The van der Waals surface area contributed by atoms with E-state index in [0.717, 1.165) is 5.69 Å². The van der Waals surface area contributed by atoms with Crippen LogP contribution in [0, 0.1) is 0 Å². The van der Waals surface area contributed by atoms with Gasteiger partial charge in [-0.25, -0.2) is 4.98 Å². The molecule has 7 heteroatoms. The van der Waals surface area contributed by atoms with Gasteiger partial charge in [0.2, 0.25) is 11.7 Å². The minimum Gasteiger partial charge on any atom is -0.383 e. The summed E-state index contributed by atoms with van der Waals surface area (Å²) >= 11 is 1.51. The van der Waals surface area contributed by atoms with E-state index in [9.17, 15) is 0 Å². The van der Waals surface area contributed by atoms with Crippen molar-refractivity contribution in [2.75, 3.05) is 20.8 Å². The normalized spacial score (nSPS) is 12.8. The second-order valence-corrected chi connectivity index (χ2v) is 4.25. The highest BCUT2D eigenvalue weighted by atomic mass is 32.1. The molecule has 6 nitrogen and oxygen atoms in total. The second-order valence-electron chi connectivity index (χ2n) is 3.53.